The summed E-state index contributed by atoms with van der Waals surface area (Å²) < 4.78 is 0. The van der Waals surface area contributed by atoms with E-state index in [-0.39, 0.29) is 0 Å². The van der Waals surface area contributed by atoms with Crippen molar-refractivity contribution < 1.29 is 0 Å². The Labute approximate surface area is 171 Å². The van der Waals surface area contributed by atoms with Crippen LogP contribution in [0.15, 0.2) is 66.9 Å². The summed E-state index contributed by atoms with van der Waals surface area (Å²) in [5.41, 5.74) is 6.33. The molecular weight excluding hydrogens is 354 g/mol. The number of aromatic nitrogens is 1. The first-order valence-electron chi connectivity index (χ1n) is 10.6. The van der Waals surface area contributed by atoms with Crippen LogP contribution in [0.25, 0.3) is 22.4 Å². The molecule has 28 heavy (non-hydrogen) atoms. The van der Waals surface area contributed by atoms with Crippen LogP contribution in [0.1, 0.15) is 38.2 Å². The Morgan fingerprint density at radius 3 is 2.18 bits per heavy atom. The highest BCUT2D eigenvalue weighted by Crippen LogP contribution is 2.26. The van der Waals surface area contributed by atoms with Gasteiger partial charge in [-0.15, -0.1) is 0 Å². The molecule has 0 saturated carbocycles. The standard InChI is InChI=1S/C26H33NSi/c1-5-6-7-9-15-24-19-25(27-20-26(24)28(2,3)4)23-17-12-16-22(18-23)21-13-10-8-11-14-21/h8,10-14,16-20H,5-7,9,15H2,1-4H3. The summed E-state index contributed by atoms with van der Waals surface area (Å²) in [6.45, 7) is 9.55. The maximum Gasteiger partial charge on any atom is 0.0799 e. The maximum atomic E-state index is 4.89. The first-order valence-corrected chi connectivity index (χ1v) is 14.1. The second-order valence-electron chi connectivity index (χ2n) is 8.73. The zero-order valence-electron chi connectivity index (χ0n) is 17.8. The molecule has 3 aromatic rings. The quantitative estimate of drug-likeness (QED) is 0.297. The lowest BCUT2D eigenvalue weighted by Gasteiger charge is -2.21. The van der Waals surface area contributed by atoms with E-state index in [9.17, 15) is 0 Å². The summed E-state index contributed by atoms with van der Waals surface area (Å²) in [6.07, 6.45) is 8.56. The molecule has 0 radical (unpaired) electrons. The molecular formula is C26H33NSi. The molecule has 0 bridgehead atoms. The van der Waals surface area contributed by atoms with E-state index >= 15 is 0 Å². The molecule has 1 heterocycles. The van der Waals surface area contributed by atoms with Crippen molar-refractivity contribution in [3.63, 3.8) is 0 Å². The summed E-state index contributed by atoms with van der Waals surface area (Å²) in [5, 5.41) is 1.52. The van der Waals surface area contributed by atoms with Crippen LogP contribution >= 0.6 is 0 Å². The van der Waals surface area contributed by atoms with Gasteiger partial charge in [-0.05, 0) is 46.9 Å². The van der Waals surface area contributed by atoms with E-state index in [4.69, 9.17) is 4.98 Å². The fraction of sp³-hybridized carbons (Fsp3) is 0.346. The van der Waals surface area contributed by atoms with Crippen LogP contribution in [0.2, 0.25) is 19.6 Å². The number of aryl methyl sites for hydroxylation is 1. The monoisotopic (exact) mass is 387 g/mol. The number of unbranched alkanes of at least 4 members (excludes halogenated alkanes) is 3. The lowest BCUT2D eigenvalue weighted by Crippen LogP contribution is -2.40. The zero-order chi connectivity index (χ0) is 20.0. The van der Waals surface area contributed by atoms with E-state index in [2.05, 4.69) is 93.4 Å². The second-order valence-corrected chi connectivity index (χ2v) is 13.8. The molecule has 0 saturated heterocycles. The van der Waals surface area contributed by atoms with Gasteiger partial charge in [0.15, 0.2) is 0 Å². The van der Waals surface area contributed by atoms with E-state index in [1.807, 2.05) is 0 Å². The van der Waals surface area contributed by atoms with Gasteiger partial charge in [0.25, 0.3) is 0 Å². The van der Waals surface area contributed by atoms with Crippen molar-refractivity contribution in [2.24, 2.45) is 0 Å². The molecule has 0 N–H and O–H groups in total. The molecule has 0 unspecified atom stereocenters. The molecule has 0 spiro atoms. The Balaban J connectivity index is 1.94. The fourth-order valence-electron chi connectivity index (χ4n) is 3.77. The average molecular weight is 388 g/mol. The van der Waals surface area contributed by atoms with Gasteiger partial charge in [-0.2, -0.15) is 0 Å². The van der Waals surface area contributed by atoms with Crippen molar-refractivity contribution in [1.82, 2.24) is 4.98 Å². The Bertz CT molecular complexity index is 894. The molecule has 0 fully saturated rings. The van der Waals surface area contributed by atoms with Gasteiger partial charge in [0, 0.05) is 11.8 Å². The highest BCUT2D eigenvalue weighted by Gasteiger charge is 2.21. The van der Waals surface area contributed by atoms with Crippen molar-refractivity contribution in [3.05, 3.63) is 72.4 Å². The van der Waals surface area contributed by atoms with Gasteiger partial charge < -0.3 is 0 Å². The predicted octanol–water partition coefficient (Wildman–Crippen LogP) is 7.08. The summed E-state index contributed by atoms with van der Waals surface area (Å²) in [7, 11) is -1.40. The number of pyridine rings is 1. The van der Waals surface area contributed by atoms with Gasteiger partial charge in [0.2, 0.25) is 0 Å². The van der Waals surface area contributed by atoms with E-state index in [0.717, 1.165) is 5.69 Å². The van der Waals surface area contributed by atoms with Gasteiger partial charge in [-0.25, -0.2) is 0 Å². The van der Waals surface area contributed by atoms with Crippen molar-refractivity contribution in [1.29, 1.82) is 0 Å². The highest BCUT2D eigenvalue weighted by molar-refractivity contribution is 6.89. The smallest absolute Gasteiger partial charge is 0.0799 e. The maximum absolute atomic E-state index is 4.89. The molecule has 0 atom stereocenters. The largest absolute Gasteiger partial charge is 0.256 e. The molecule has 0 amide bonds. The number of hydrogen-bond donors (Lipinski definition) is 0. The first kappa shape index (κ1) is 20.5. The SMILES string of the molecule is CCCCCCc1cc(-c2cccc(-c3ccccc3)c2)ncc1[Si](C)(C)C. The highest BCUT2D eigenvalue weighted by atomic mass is 28.3. The molecule has 1 nitrogen and oxygen atoms in total. The Kier molecular flexibility index (Phi) is 6.85. The molecule has 0 aliphatic heterocycles. The number of benzene rings is 2. The van der Waals surface area contributed by atoms with Crippen LogP contribution < -0.4 is 5.19 Å². The molecule has 2 aromatic carbocycles. The predicted molar refractivity (Wildman–Crippen MR) is 126 cm³/mol. The van der Waals surface area contributed by atoms with Crippen LogP contribution in [0.4, 0.5) is 0 Å². The van der Waals surface area contributed by atoms with Crippen LogP contribution in [-0.2, 0) is 6.42 Å². The third-order valence-corrected chi connectivity index (χ3v) is 7.43. The van der Waals surface area contributed by atoms with Gasteiger partial charge in [-0.3, -0.25) is 4.98 Å². The average Bonchev–Trinajstić information content (AvgIpc) is 2.71. The van der Waals surface area contributed by atoms with Gasteiger partial charge >= 0.3 is 0 Å². The van der Waals surface area contributed by atoms with Crippen molar-refractivity contribution in [2.75, 3.05) is 0 Å². The minimum atomic E-state index is -1.40. The van der Waals surface area contributed by atoms with Crippen molar-refractivity contribution in [2.45, 2.75) is 58.7 Å². The summed E-state index contributed by atoms with van der Waals surface area (Å²) in [5.74, 6) is 0. The lowest BCUT2D eigenvalue weighted by atomic mass is 10.00. The van der Waals surface area contributed by atoms with Crippen LogP contribution in [0.5, 0.6) is 0 Å². The second kappa shape index (κ2) is 9.34. The summed E-state index contributed by atoms with van der Waals surface area (Å²) in [4.78, 5) is 4.89. The third kappa shape index (κ3) is 5.20. The molecule has 146 valence electrons. The number of nitrogens with zero attached hydrogens (tertiary/aromatic N) is 1. The van der Waals surface area contributed by atoms with E-state index in [1.165, 1.54) is 59.5 Å². The van der Waals surface area contributed by atoms with Gasteiger partial charge in [0.05, 0.1) is 13.8 Å². The Morgan fingerprint density at radius 1 is 0.750 bits per heavy atom. The van der Waals surface area contributed by atoms with Gasteiger partial charge in [0.1, 0.15) is 0 Å². The van der Waals surface area contributed by atoms with Crippen LogP contribution in [-0.4, -0.2) is 13.1 Å². The zero-order valence-corrected chi connectivity index (χ0v) is 18.8. The normalized spacial score (nSPS) is 11.6. The molecule has 0 aliphatic rings. The summed E-state index contributed by atoms with van der Waals surface area (Å²) in [6, 6.07) is 21.7. The summed E-state index contributed by atoms with van der Waals surface area (Å²) >= 11 is 0. The van der Waals surface area contributed by atoms with E-state index in [1.54, 1.807) is 0 Å². The van der Waals surface area contributed by atoms with E-state index in [0.29, 0.717) is 0 Å². The number of rotatable bonds is 8. The molecule has 1 aromatic heterocycles. The molecule has 3 rings (SSSR count). The van der Waals surface area contributed by atoms with Crippen molar-refractivity contribution >= 4 is 13.3 Å². The van der Waals surface area contributed by atoms with Gasteiger partial charge in [-0.1, -0.05) is 94.4 Å². The minimum absolute atomic E-state index is 1.10. The lowest BCUT2D eigenvalue weighted by molar-refractivity contribution is 0.667. The third-order valence-electron chi connectivity index (χ3n) is 5.36. The molecule has 0 aliphatic carbocycles. The number of hydrogen-bond acceptors (Lipinski definition) is 1. The van der Waals surface area contributed by atoms with Crippen LogP contribution in [0, 0.1) is 0 Å². The van der Waals surface area contributed by atoms with Crippen LogP contribution in [0.3, 0.4) is 0 Å². The van der Waals surface area contributed by atoms with E-state index < -0.39 is 8.07 Å². The van der Waals surface area contributed by atoms with Crippen molar-refractivity contribution in [3.8, 4) is 22.4 Å². The Morgan fingerprint density at radius 2 is 1.46 bits per heavy atom. The minimum Gasteiger partial charge on any atom is -0.256 e. The molecule has 2 heteroatoms. The first-order chi connectivity index (χ1) is 13.5. The Hall–Kier alpha value is -2.19. The fourth-order valence-corrected chi connectivity index (χ4v) is 5.38. The topological polar surface area (TPSA) is 12.9 Å².